The van der Waals surface area contributed by atoms with Crippen molar-refractivity contribution in [2.24, 2.45) is 28.9 Å². The van der Waals surface area contributed by atoms with E-state index in [1.165, 1.54) is 52.8 Å². The van der Waals surface area contributed by atoms with Crippen molar-refractivity contribution in [2.75, 3.05) is 0 Å². The number of nitrogens with two attached hydrogens (primary N) is 1. The fourth-order valence-electron chi connectivity index (χ4n) is 5.66. The van der Waals surface area contributed by atoms with Crippen molar-refractivity contribution in [1.29, 1.82) is 0 Å². The summed E-state index contributed by atoms with van der Waals surface area (Å²) in [5.41, 5.74) is 8.64. The minimum Gasteiger partial charge on any atom is -0.323 e. The van der Waals surface area contributed by atoms with E-state index in [2.05, 4.69) is 28.9 Å². The van der Waals surface area contributed by atoms with Gasteiger partial charge in [0.15, 0.2) is 0 Å². The summed E-state index contributed by atoms with van der Waals surface area (Å²) in [4.78, 5) is 1.41. The monoisotopic (exact) mass is 339 g/mol. The van der Waals surface area contributed by atoms with Crippen LogP contribution in [0, 0.1) is 30.1 Å². The van der Waals surface area contributed by atoms with Crippen molar-refractivity contribution in [2.45, 2.75) is 51.5 Å². The molecule has 0 saturated heterocycles. The Kier molecular flexibility index (Phi) is 2.92. The Balaban J connectivity index is 1.69. The number of hydrogen-bond acceptors (Lipinski definition) is 2. The molecule has 2 N–H and O–H groups in total. The first kappa shape index (κ1) is 12.8. The zero-order chi connectivity index (χ0) is 13.2. The van der Waals surface area contributed by atoms with Crippen LogP contribution in [0.5, 0.6) is 0 Å². The molecule has 3 heteroatoms. The highest BCUT2D eigenvalue weighted by Crippen LogP contribution is 2.63. The molecular formula is C16H22BrNS. The van der Waals surface area contributed by atoms with Crippen molar-refractivity contribution < 1.29 is 0 Å². The Hall–Kier alpha value is 0.140. The normalized spacial score (nSPS) is 41.7. The molecule has 0 aromatic carbocycles. The van der Waals surface area contributed by atoms with Gasteiger partial charge in [-0.15, -0.1) is 11.3 Å². The topological polar surface area (TPSA) is 26.0 Å². The van der Waals surface area contributed by atoms with E-state index in [0.29, 0.717) is 5.41 Å². The number of halogens is 1. The first-order chi connectivity index (χ1) is 9.06. The third kappa shape index (κ3) is 1.96. The van der Waals surface area contributed by atoms with Gasteiger partial charge in [-0.1, -0.05) is 0 Å². The van der Waals surface area contributed by atoms with E-state index in [1.54, 1.807) is 0 Å². The van der Waals surface area contributed by atoms with Crippen LogP contribution in [-0.4, -0.2) is 0 Å². The summed E-state index contributed by atoms with van der Waals surface area (Å²) in [6, 6.07) is 2.55. The molecule has 19 heavy (non-hydrogen) atoms. The number of hydrogen-bond donors (Lipinski definition) is 1. The fraction of sp³-hybridized carbons (Fsp3) is 0.750. The third-order valence-electron chi connectivity index (χ3n) is 6.01. The molecule has 4 bridgehead atoms. The molecule has 5 rings (SSSR count). The fourth-order valence-corrected chi connectivity index (χ4v) is 7.41. The minimum absolute atomic E-state index is 0.267. The number of rotatable bonds is 2. The van der Waals surface area contributed by atoms with Crippen LogP contribution in [0.4, 0.5) is 0 Å². The van der Waals surface area contributed by atoms with Crippen molar-refractivity contribution in [3.05, 3.63) is 20.3 Å². The summed E-state index contributed by atoms with van der Waals surface area (Å²) in [5.74, 6) is 2.96. The molecule has 0 radical (unpaired) electrons. The zero-order valence-electron chi connectivity index (χ0n) is 11.5. The predicted molar refractivity (Wildman–Crippen MR) is 84.3 cm³/mol. The molecule has 0 spiro atoms. The number of aryl methyl sites for hydroxylation is 1. The second-order valence-corrected chi connectivity index (χ2v) is 9.96. The van der Waals surface area contributed by atoms with Crippen molar-refractivity contribution in [1.82, 2.24) is 0 Å². The standard InChI is InChI=1S/C16H22BrNS/c1-9-13(5-14(17)19-9)15(18)16-6-10-2-11(7-16)4-12(3-10)8-16/h5,10-12,15H,2-4,6-8,18H2,1H3. The van der Waals surface area contributed by atoms with Gasteiger partial charge in [-0.3, -0.25) is 0 Å². The third-order valence-corrected chi connectivity index (χ3v) is 7.58. The summed E-state index contributed by atoms with van der Waals surface area (Å²) >= 11 is 5.46. The molecule has 4 aliphatic carbocycles. The Morgan fingerprint density at radius 2 is 1.74 bits per heavy atom. The maximum absolute atomic E-state index is 6.79. The summed E-state index contributed by atoms with van der Waals surface area (Å²) in [6.07, 6.45) is 8.68. The Bertz CT molecular complexity index is 472. The van der Waals surface area contributed by atoms with Crippen LogP contribution in [0.3, 0.4) is 0 Å². The van der Waals surface area contributed by atoms with E-state index in [0.717, 1.165) is 17.8 Å². The Morgan fingerprint density at radius 1 is 1.21 bits per heavy atom. The highest BCUT2D eigenvalue weighted by atomic mass is 79.9. The van der Waals surface area contributed by atoms with Crippen molar-refractivity contribution in [3.63, 3.8) is 0 Å². The van der Waals surface area contributed by atoms with Crippen molar-refractivity contribution in [3.8, 4) is 0 Å². The second kappa shape index (κ2) is 4.32. The van der Waals surface area contributed by atoms with Gasteiger partial charge in [0.25, 0.3) is 0 Å². The van der Waals surface area contributed by atoms with E-state index in [-0.39, 0.29) is 6.04 Å². The lowest BCUT2D eigenvalue weighted by Crippen LogP contribution is -2.50. The average molecular weight is 340 g/mol. The van der Waals surface area contributed by atoms with Gasteiger partial charge in [-0.05, 0) is 96.2 Å². The predicted octanol–water partition coefficient (Wildman–Crippen LogP) is 5.04. The molecule has 0 amide bonds. The Labute approximate surface area is 128 Å². The SMILES string of the molecule is Cc1sc(Br)cc1C(N)C12CC3CC(CC(C3)C1)C2. The summed E-state index contributed by atoms with van der Waals surface area (Å²) in [7, 11) is 0. The largest absolute Gasteiger partial charge is 0.323 e. The molecule has 4 aliphatic rings. The summed E-state index contributed by atoms with van der Waals surface area (Å²) < 4.78 is 1.24. The van der Waals surface area contributed by atoms with Crippen LogP contribution in [0.2, 0.25) is 0 Å². The van der Waals surface area contributed by atoms with Crippen LogP contribution in [-0.2, 0) is 0 Å². The Morgan fingerprint density at radius 3 is 2.16 bits per heavy atom. The van der Waals surface area contributed by atoms with Gasteiger partial charge in [-0.2, -0.15) is 0 Å². The van der Waals surface area contributed by atoms with Gasteiger partial charge in [-0.25, -0.2) is 0 Å². The first-order valence-corrected chi connectivity index (χ1v) is 9.18. The average Bonchev–Trinajstić information content (AvgIpc) is 2.65. The highest BCUT2D eigenvalue weighted by molar-refractivity contribution is 9.11. The van der Waals surface area contributed by atoms with Crippen LogP contribution >= 0.6 is 27.3 Å². The molecule has 0 aliphatic heterocycles. The van der Waals surface area contributed by atoms with E-state index < -0.39 is 0 Å². The molecule has 1 heterocycles. The van der Waals surface area contributed by atoms with Gasteiger partial charge in [0.05, 0.1) is 3.79 Å². The van der Waals surface area contributed by atoms with Crippen molar-refractivity contribution >= 4 is 27.3 Å². The summed E-state index contributed by atoms with van der Waals surface area (Å²) in [6.45, 7) is 2.23. The molecule has 1 atom stereocenters. The van der Waals surface area contributed by atoms with E-state index in [1.807, 2.05) is 11.3 Å². The molecule has 1 nitrogen and oxygen atoms in total. The van der Waals surface area contributed by atoms with Gasteiger partial charge < -0.3 is 5.73 Å². The molecule has 4 saturated carbocycles. The van der Waals surface area contributed by atoms with Gasteiger partial charge in [0.1, 0.15) is 0 Å². The van der Waals surface area contributed by atoms with Gasteiger partial charge >= 0.3 is 0 Å². The molecular weight excluding hydrogens is 318 g/mol. The second-order valence-electron chi connectivity index (χ2n) is 7.32. The minimum atomic E-state index is 0.267. The first-order valence-electron chi connectivity index (χ1n) is 7.57. The van der Waals surface area contributed by atoms with Crippen LogP contribution in [0.1, 0.15) is 55.0 Å². The lowest BCUT2D eigenvalue weighted by molar-refractivity contribution is -0.0678. The maximum Gasteiger partial charge on any atom is 0.0704 e. The van der Waals surface area contributed by atoms with Crippen LogP contribution < -0.4 is 5.73 Å². The molecule has 1 aromatic rings. The zero-order valence-corrected chi connectivity index (χ0v) is 13.9. The lowest BCUT2D eigenvalue weighted by atomic mass is 9.47. The van der Waals surface area contributed by atoms with E-state index in [4.69, 9.17) is 5.73 Å². The molecule has 1 aromatic heterocycles. The maximum atomic E-state index is 6.79. The lowest BCUT2D eigenvalue weighted by Gasteiger charge is -2.59. The molecule has 1 unspecified atom stereocenters. The van der Waals surface area contributed by atoms with Crippen LogP contribution in [0.15, 0.2) is 9.85 Å². The van der Waals surface area contributed by atoms with Gasteiger partial charge in [0.2, 0.25) is 0 Å². The van der Waals surface area contributed by atoms with Crippen LogP contribution in [0.25, 0.3) is 0 Å². The number of thiophene rings is 1. The smallest absolute Gasteiger partial charge is 0.0704 e. The van der Waals surface area contributed by atoms with E-state index >= 15 is 0 Å². The molecule has 104 valence electrons. The summed E-state index contributed by atoms with van der Waals surface area (Å²) in [5, 5.41) is 0. The highest BCUT2D eigenvalue weighted by Gasteiger charge is 2.53. The quantitative estimate of drug-likeness (QED) is 0.802. The van der Waals surface area contributed by atoms with Gasteiger partial charge in [0, 0.05) is 10.9 Å². The van der Waals surface area contributed by atoms with E-state index in [9.17, 15) is 0 Å². The molecule has 4 fully saturated rings.